The Morgan fingerprint density at radius 1 is 0.900 bits per heavy atom. The van der Waals surface area contributed by atoms with E-state index >= 15 is 0 Å². The summed E-state index contributed by atoms with van der Waals surface area (Å²) >= 11 is 0. The van der Waals surface area contributed by atoms with Gasteiger partial charge in [0, 0.05) is 24.0 Å². The number of carbonyl (C=O) groups excluding carboxylic acids is 1. The zero-order valence-corrected chi connectivity index (χ0v) is 17.7. The lowest BCUT2D eigenvalue weighted by Crippen LogP contribution is -2.21. The van der Waals surface area contributed by atoms with Crippen LogP contribution in [0.3, 0.4) is 0 Å². The number of carbonyl (C=O) groups is 1. The molecule has 0 aliphatic rings. The normalized spacial score (nSPS) is 11.1. The Morgan fingerprint density at radius 3 is 2.33 bits per heavy atom. The van der Waals surface area contributed by atoms with Gasteiger partial charge in [-0.1, -0.05) is 53.6 Å². The lowest BCUT2D eigenvalue weighted by Gasteiger charge is -2.15. The summed E-state index contributed by atoms with van der Waals surface area (Å²) in [5, 5.41) is 0.462. The van der Waals surface area contributed by atoms with Crippen molar-refractivity contribution in [3.8, 4) is 0 Å². The second kappa shape index (κ2) is 7.71. The maximum absolute atomic E-state index is 13.2. The van der Waals surface area contributed by atoms with Gasteiger partial charge < -0.3 is 4.57 Å². The summed E-state index contributed by atoms with van der Waals surface area (Å²) < 4.78 is 1.92. The molecule has 0 N–H and O–H groups in total. The van der Waals surface area contributed by atoms with E-state index in [1.165, 1.54) is 5.56 Å². The van der Waals surface area contributed by atoms with Crippen molar-refractivity contribution in [2.24, 2.45) is 0 Å². The third-order valence-corrected chi connectivity index (χ3v) is 5.46. The summed E-state index contributed by atoms with van der Waals surface area (Å²) in [7, 11) is 0. The van der Waals surface area contributed by atoms with Crippen LogP contribution in [0.5, 0.6) is 0 Å². The molecule has 4 heteroatoms. The van der Waals surface area contributed by atoms with Crippen LogP contribution >= 0.6 is 0 Å². The highest BCUT2D eigenvalue weighted by Crippen LogP contribution is 2.18. The van der Waals surface area contributed by atoms with Crippen LogP contribution in [0.25, 0.3) is 11.0 Å². The average molecular weight is 396 g/mol. The third-order valence-electron chi connectivity index (χ3n) is 5.46. The van der Waals surface area contributed by atoms with E-state index in [4.69, 9.17) is 0 Å². The lowest BCUT2D eigenvalue weighted by atomic mass is 10.0. The molecular weight excluding hydrogens is 372 g/mol. The van der Waals surface area contributed by atoms with Crippen molar-refractivity contribution < 1.29 is 4.79 Å². The van der Waals surface area contributed by atoms with Gasteiger partial charge in [0.25, 0.3) is 0 Å². The smallest absolute Gasteiger partial charge is 0.202 e. The van der Waals surface area contributed by atoms with Crippen LogP contribution in [-0.4, -0.2) is 15.3 Å². The zero-order valence-electron chi connectivity index (χ0n) is 17.7. The molecule has 0 fully saturated rings. The van der Waals surface area contributed by atoms with Crippen LogP contribution in [0, 0.1) is 27.7 Å². The minimum Gasteiger partial charge on any atom is -0.327 e. The molecule has 0 saturated heterocycles. The maximum atomic E-state index is 13.2. The van der Waals surface area contributed by atoms with Crippen molar-refractivity contribution in [3.05, 3.63) is 110 Å². The molecule has 0 radical (unpaired) electrons. The van der Waals surface area contributed by atoms with Gasteiger partial charge in [-0.15, -0.1) is 0 Å². The van der Waals surface area contributed by atoms with Crippen LogP contribution in [-0.2, 0) is 6.54 Å². The van der Waals surface area contributed by atoms with Gasteiger partial charge in [0.2, 0.25) is 5.43 Å². The maximum Gasteiger partial charge on any atom is 0.202 e. The summed E-state index contributed by atoms with van der Waals surface area (Å²) in [5.41, 5.74) is 6.36. The molecule has 0 bridgehead atoms. The predicted molar refractivity (Wildman–Crippen MR) is 120 cm³/mol. The lowest BCUT2D eigenvalue weighted by molar-refractivity contribution is 0.103. The molecule has 2 aromatic heterocycles. The Hall–Kier alpha value is -3.53. The number of fused-ring (bicyclic) bond motifs is 1. The molecule has 0 aliphatic carbocycles. The Labute approximate surface area is 175 Å². The quantitative estimate of drug-likeness (QED) is 0.461. The summed E-state index contributed by atoms with van der Waals surface area (Å²) in [4.78, 5) is 31.0. The Kier molecular flexibility index (Phi) is 5.08. The van der Waals surface area contributed by atoms with E-state index in [-0.39, 0.29) is 16.8 Å². The van der Waals surface area contributed by atoms with Gasteiger partial charge in [-0.25, -0.2) is 4.98 Å². The summed E-state index contributed by atoms with van der Waals surface area (Å²) in [6, 6.07) is 17.2. The monoisotopic (exact) mass is 396 g/mol. The predicted octanol–water partition coefficient (Wildman–Crippen LogP) is 4.91. The molecule has 0 saturated carbocycles. The fourth-order valence-corrected chi connectivity index (χ4v) is 3.66. The molecule has 2 aromatic carbocycles. The van der Waals surface area contributed by atoms with Crippen LogP contribution < -0.4 is 5.43 Å². The first-order valence-corrected chi connectivity index (χ1v) is 10.0. The van der Waals surface area contributed by atoms with Crippen molar-refractivity contribution in [1.29, 1.82) is 0 Å². The molecule has 0 atom stereocenters. The number of hydrogen-bond acceptors (Lipinski definition) is 3. The fraction of sp³-hybridized carbons (Fsp3) is 0.192. The van der Waals surface area contributed by atoms with E-state index in [1.54, 1.807) is 24.4 Å². The molecular formula is C26H24N2O2. The molecule has 0 aliphatic heterocycles. The molecule has 0 unspecified atom stereocenters. The van der Waals surface area contributed by atoms with Gasteiger partial charge in [-0.05, 0) is 51.0 Å². The van der Waals surface area contributed by atoms with E-state index in [0.717, 1.165) is 22.4 Å². The van der Waals surface area contributed by atoms with Crippen LogP contribution in [0.15, 0.2) is 65.6 Å². The summed E-state index contributed by atoms with van der Waals surface area (Å²) in [6.45, 7) is 8.53. The second-order valence-electron chi connectivity index (χ2n) is 7.95. The van der Waals surface area contributed by atoms with Crippen LogP contribution in [0.2, 0.25) is 0 Å². The van der Waals surface area contributed by atoms with Gasteiger partial charge in [0.05, 0.1) is 10.9 Å². The van der Waals surface area contributed by atoms with E-state index < -0.39 is 0 Å². The highest BCUT2D eigenvalue weighted by Gasteiger charge is 2.18. The molecule has 150 valence electrons. The number of hydrogen-bond donors (Lipinski definition) is 0. The summed E-state index contributed by atoms with van der Waals surface area (Å²) in [5.74, 6) is -0.266. The minimum atomic E-state index is -0.278. The largest absolute Gasteiger partial charge is 0.327 e. The standard InChI is InChI=1S/C26H24N2O2/c1-16-6-10-20(11-7-16)24(29)23-15-28(14-21-13-17(2)5-8-18(21)3)26-22(25(23)30)12-9-19(4)27-26/h5-13,15H,14H2,1-4H3. The second-order valence-corrected chi connectivity index (χ2v) is 7.95. The molecule has 0 amide bonds. The first-order valence-electron chi connectivity index (χ1n) is 10.0. The SMILES string of the molecule is Cc1ccc(C(=O)c2cn(Cc3cc(C)ccc3C)c3nc(C)ccc3c2=O)cc1. The van der Waals surface area contributed by atoms with Gasteiger partial charge in [-0.2, -0.15) is 0 Å². The van der Waals surface area contributed by atoms with Gasteiger partial charge in [-0.3, -0.25) is 9.59 Å². The highest BCUT2D eigenvalue weighted by molar-refractivity contribution is 6.10. The Balaban J connectivity index is 1.92. The molecule has 4 aromatic rings. The van der Waals surface area contributed by atoms with Crippen molar-refractivity contribution in [2.45, 2.75) is 34.2 Å². The molecule has 30 heavy (non-hydrogen) atoms. The number of ketones is 1. The minimum absolute atomic E-state index is 0.169. The number of rotatable bonds is 4. The third kappa shape index (κ3) is 3.69. The van der Waals surface area contributed by atoms with Crippen LogP contribution in [0.1, 0.15) is 43.9 Å². The van der Waals surface area contributed by atoms with Gasteiger partial charge in [0.1, 0.15) is 5.65 Å². The first-order chi connectivity index (χ1) is 14.3. The Morgan fingerprint density at radius 2 is 1.60 bits per heavy atom. The molecule has 2 heterocycles. The van der Waals surface area contributed by atoms with E-state index in [2.05, 4.69) is 37.0 Å². The highest BCUT2D eigenvalue weighted by atomic mass is 16.1. The number of aromatic nitrogens is 2. The van der Waals surface area contributed by atoms with Crippen molar-refractivity contribution in [1.82, 2.24) is 9.55 Å². The molecule has 4 nitrogen and oxygen atoms in total. The van der Waals surface area contributed by atoms with E-state index in [0.29, 0.717) is 23.1 Å². The average Bonchev–Trinajstić information content (AvgIpc) is 2.72. The van der Waals surface area contributed by atoms with E-state index in [9.17, 15) is 9.59 Å². The van der Waals surface area contributed by atoms with Gasteiger partial charge in [0.15, 0.2) is 5.78 Å². The van der Waals surface area contributed by atoms with Gasteiger partial charge >= 0.3 is 0 Å². The Bertz CT molecular complexity index is 1330. The first kappa shape index (κ1) is 19.8. The zero-order chi connectivity index (χ0) is 21.4. The number of pyridine rings is 2. The molecule has 4 rings (SSSR count). The topological polar surface area (TPSA) is 52.0 Å². The fourth-order valence-electron chi connectivity index (χ4n) is 3.66. The summed E-state index contributed by atoms with van der Waals surface area (Å²) in [6.07, 6.45) is 1.67. The number of aryl methyl sites for hydroxylation is 4. The van der Waals surface area contributed by atoms with Crippen molar-refractivity contribution >= 4 is 16.8 Å². The number of benzene rings is 2. The molecule has 0 spiro atoms. The number of nitrogens with zero attached hydrogens (tertiary/aromatic N) is 2. The van der Waals surface area contributed by atoms with Crippen LogP contribution in [0.4, 0.5) is 0 Å². The van der Waals surface area contributed by atoms with E-state index in [1.807, 2.05) is 36.6 Å². The van der Waals surface area contributed by atoms with Crippen molar-refractivity contribution in [2.75, 3.05) is 0 Å². The van der Waals surface area contributed by atoms with Crippen molar-refractivity contribution in [3.63, 3.8) is 0 Å².